The van der Waals surface area contributed by atoms with Crippen LogP contribution < -0.4 is 5.32 Å². The zero-order chi connectivity index (χ0) is 19.8. The molecule has 0 aromatic carbocycles. The Morgan fingerprint density at radius 1 is 1.29 bits per heavy atom. The summed E-state index contributed by atoms with van der Waals surface area (Å²) in [6.45, 7) is 11.3. The van der Waals surface area contributed by atoms with Gasteiger partial charge in [0.2, 0.25) is 0 Å². The van der Waals surface area contributed by atoms with Gasteiger partial charge in [-0.1, -0.05) is 19.0 Å². The van der Waals surface area contributed by atoms with Gasteiger partial charge in [0, 0.05) is 30.7 Å². The van der Waals surface area contributed by atoms with Crippen LogP contribution in [0.2, 0.25) is 0 Å². The lowest BCUT2D eigenvalue weighted by Gasteiger charge is -2.34. The minimum atomic E-state index is -0.220. The number of aromatic nitrogens is 3. The molecule has 1 saturated heterocycles. The summed E-state index contributed by atoms with van der Waals surface area (Å²) in [6.07, 6.45) is 1.29. The van der Waals surface area contributed by atoms with Crippen molar-refractivity contribution in [1.29, 1.82) is 0 Å². The van der Waals surface area contributed by atoms with Gasteiger partial charge >= 0.3 is 0 Å². The van der Waals surface area contributed by atoms with E-state index in [2.05, 4.69) is 39.2 Å². The fraction of sp³-hybridized carbons (Fsp3) is 0.500. The van der Waals surface area contributed by atoms with Gasteiger partial charge in [0.1, 0.15) is 0 Å². The second-order valence-corrected chi connectivity index (χ2v) is 8.86. The molecule has 1 amide bonds. The molecule has 1 N–H and O–H groups in total. The van der Waals surface area contributed by atoms with Gasteiger partial charge in [-0.25, -0.2) is 9.97 Å². The number of nitrogens with one attached hydrogen (secondary N) is 1. The number of nitrogens with zero attached hydrogens (tertiary/aromatic N) is 4. The molecule has 0 radical (unpaired) electrons. The van der Waals surface area contributed by atoms with Crippen LogP contribution >= 0.6 is 11.3 Å². The van der Waals surface area contributed by atoms with Crippen molar-refractivity contribution in [1.82, 2.24) is 20.0 Å². The molecule has 1 aliphatic rings. The van der Waals surface area contributed by atoms with E-state index in [0.717, 1.165) is 25.3 Å². The number of pyridine rings is 1. The van der Waals surface area contributed by atoms with E-state index in [0.29, 0.717) is 45.0 Å². The summed E-state index contributed by atoms with van der Waals surface area (Å²) in [4.78, 5) is 24.2. The Hall–Kier alpha value is -2.32. The molecule has 2 unspecified atom stereocenters. The first kappa shape index (κ1) is 19.0. The van der Waals surface area contributed by atoms with E-state index in [-0.39, 0.29) is 5.91 Å². The van der Waals surface area contributed by atoms with Gasteiger partial charge in [-0.2, -0.15) is 0 Å². The van der Waals surface area contributed by atoms with Crippen LogP contribution in [0.4, 0.5) is 5.13 Å². The smallest absolute Gasteiger partial charge is 0.258 e. The lowest BCUT2D eigenvalue weighted by atomic mass is 9.92. The average molecular weight is 400 g/mol. The van der Waals surface area contributed by atoms with Crippen LogP contribution in [0.5, 0.6) is 0 Å². The van der Waals surface area contributed by atoms with E-state index in [4.69, 9.17) is 4.52 Å². The van der Waals surface area contributed by atoms with Crippen LogP contribution in [0, 0.1) is 25.7 Å². The van der Waals surface area contributed by atoms with Crippen molar-refractivity contribution in [3.63, 3.8) is 0 Å². The number of carbonyl (C=O) groups excluding carboxylic acids is 1. The van der Waals surface area contributed by atoms with Crippen molar-refractivity contribution < 1.29 is 9.32 Å². The third kappa shape index (κ3) is 3.93. The second-order valence-electron chi connectivity index (χ2n) is 8.00. The molecular weight excluding hydrogens is 374 g/mol. The Morgan fingerprint density at radius 2 is 2.04 bits per heavy atom. The Labute approximate surface area is 168 Å². The largest absolute Gasteiger partial charge is 0.336 e. The van der Waals surface area contributed by atoms with E-state index >= 15 is 0 Å². The van der Waals surface area contributed by atoms with Crippen molar-refractivity contribution in [3.8, 4) is 0 Å². The number of hydrogen-bond acceptors (Lipinski definition) is 7. The predicted molar refractivity (Wildman–Crippen MR) is 110 cm³/mol. The predicted octanol–water partition coefficient (Wildman–Crippen LogP) is 4.03. The third-order valence-electron chi connectivity index (χ3n) is 5.09. The number of piperidine rings is 1. The summed E-state index contributed by atoms with van der Waals surface area (Å²) < 4.78 is 5.22. The summed E-state index contributed by atoms with van der Waals surface area (Å²) in [7, 11) is 0. The van der Waals surface area contributed by atoms with Crippen molar-refractivity contribution in [2.24, 2.45) is 11.8 Å². The molecule has 8 heteroatoms. The summed E-state index contributed by atoms with van der Waals surface area (Å²) in [6, 6.07) is 1.76. The van der Waals surface area contributed by atoms with E-state index < -0.39 is 0 Å². The number of amides is 1. The topological polar surface area (TPSA) is 84.2 Å². The fourth-order valence-corrected chi connectivity index (χ4v) is 4.84. The zero-order valence-corrected chi connectivity index (χ0v) is 17.5. The number of anilines is 1. The minimum Gasteiger partial charge on any atom is -0.336 e. The number of likely N-dealkylation sites (tertiary alicyclic amines) is 1. The van der Waals surface area contributed by atoms with Gasteiger partial charge in [-0.15, -0.1) is 11.3 Å². The number of carbonyl (C=O) groups is 1. The molecule has 0 aliphatic carbocycles. The second kappa shape index (κ2) is 7.60. The molecule has 1 aliphatic heterocycles. The molecule has 7 nitrogen and oxygen atoms in total. The lowest BCUT2D eigenvalue weighted by molar-refractivity contribution is 0.102. The molecule has 1 fully saturated rings. The monoisotopic (exact) mass is 399 g/mol. The van der Waals surface area contributed by atoms with E-state index in [1.165, 1.54) is 17.8 Å². The maximum atomic E-state index is 12.9. The highest BCUT2D eigenvalue weighted by Gasteiger charge is 2.23. The first-order valence-electron chi connectivity index (χ1n) is 9.60. The summed E-state index contributed by atoms with van der Waals surface area (Å²) in [5.41, 5.74) is 3.26. The highest BCUT2D eigenvalue weighted by molar-refractivity contribution is 7.14. The van der Waals surface area contributed by atoms with Gasteiger partial charge < -0.3 is 4.52 Å². The SMILES string of the molecule is Cc1cc(C(=O)Nc2nc(CN3CC(C)CC(C)C3)cs2)c2c(C)noc2n1. The standard InChI is InChI=1S/C20H25N5O2S/c1-11-5-12(2)8-25(7-11)9-15-10-28-20(22-15)23-18(26)16-6-13(3)21-19-17(16)14(4)24-27-19/h6,10-12H,5,7-9H2,1-4H3,(H,22,23,26). The molecule has 0 bridgehead atoms. The van der Waals surface area contributed by atoms with Crippen molar-refractivity contribution in [2.75, 3.05) is 18.4 Å². The van der Waals surface area contributed by atoms with Crippen LogP contribution in [-0.2, 0) is 6.54 Å². The minimum absolute atomic E-state index is 0.220. The summed E-state index contributed by atoms with van der Waals surface area (Å²) >= 11 is 1.45. The van der Waals surface area contributed by atoms with Crippen LogP contribution in [0.25, 0.3) is 11.1 Å². The van der Waals surface area contributed by atoms with Crippen LogP contribution in [0.15, 0.2) is 16.0 Å². The molecule has 0 spiro atoms. The number of fused-ring (bicyclic) bond motifs is 1. The van der Waals surface area contributed by atoms with Gasteiger partial charge in [-0.3, -0.25) is 15.0 Å². The molecule has 28 heavy (non-hydrogen) atoms. The Bertz CT molecular complexity index is 1000. The highest BCUT2D eigenvalue weighted by Crippen LogP contribution is 2.26. The van der Waals surface area contributed by atoms with E-state index in [1.54, 1.807) is 6.07 Å². The number of thiazole rings is 1. The first-order chi connectivity index (χ1) is 13.4. The summed E-state index contributed by atoms with van der Waals surface area (Å²) in [5, 5.41) is 10.1. The zero-order valence-electron chi connectivity index (χ0n) is 16.7. The van der Waals surface area contributed by atoms with Crippen molar-refractivity contribution in [2.45, 2.75) is 40.7 Å². The van der Waals surface area contributed by atoms with E-state index in [1.807, 2.05) is 19.2 Å². The van der Waals surface area contributed by atoms with Crippen molar-refractivity contribution in [3.05, 3.63) is 34.1 Å². The molecule has 4 heterocycles. The Morgan fingerprint density at radius 3 is 2.79 bits per heavy atom. The number of aryl methyl sites for hydroxylation is 2. The first-order valence-corrected chi connectivity index (χ1v) is 10.5. The maximum absolute atomic E-state index is 12.9. The average Bonchev–Trinajstić information content (AvgIpc) is 3.20. The molecular formula is C20H25N5O2S. The molecule has 3 aromatic rings. The Balaban J connectivity index is 1.48. The fourth-order valence-electron chi connectivity index (χ4n) is 4.15. The Kier molecular flexibility index (Phi) is 5.16. The summed E-state index contributed by atoms with van der Waals surface area (Å²) in [5.74, 6) is 1.21. The molecule has 4 rings (SSSR count). The maximum Gasteiger partial charge on any atom is 0.258 e. The van der Waals surface area contributed by atoms with Gasteiger partial charge in [0.15, 0.2) is 5.13 Å². The van der Waals surface area contributed by atoms with Gasteiger partial charge in [0.05, 0.1) is 22.3 Å². The molecule has 148 valence electrons. The highest BCUT2D eigenvalue weighted by atomic mass is 32.1. The lowest BCUT2D eigenvalue weighted by Crippen LogP contribution is -2.38. The number of rotatable bonds is 4. The molecule has 0 saturated carbocycles. The van der Waals surface area contributed by atoms with Gasteiger partial charge in [0.25, 0.3) is 11.6 Å². The van der Waals surface area contributed by atoms with Gasteiger partial charge in [-0.05, 0) is 38.2 Å². The molecule has 3 aromatic heterocycles. The van der Waals surface area contributed by atoms with Crippen LogP contribution in [0.1, 0.15) is 47.7 Å². The van der Waals surface area contributed by atoms with Crippen LogP contribution in [0.3, 0.4) is 0 Å². The van der Waals surface area contributed by atoms with Crippen molar-refractivity contribution >= 4 is 33.5 Å². The third-order valence-corrected chi connectivity index (χ3v) is 5.90. The normalized spacial score (nSPS) is 20.6. The van der Waals surface area contributed by atoms with Crippen LogP contribution in [-0.4, -0.2) is 39.0 Å². The number of hydrogen-bond donors (Lipinski definition) is 1. The van der Waals surface area contributed by atoms with E-state index in [9.17, 15) is 4.79 Å². The quantitative estimate of drug-likeness (QED) is 0.713. The molecule has 2 atom stereocenters.